The lowest BCUT2D eigenvalue weighted by Crippen LogP contribution is -2.84. The normalized spacial score (nSPS) is 37.5. The minimum atomic E-state index is -0.771. The monoisotopic (exact) mass is 352 g/mol. The molecule has 1 saturated heterocycles. The van der Waals surface area contributed by atoms with E-state index in [0.717, 1.165) is 0 Å². The zero-order valence-electron chi connectivity index (χ0n) is 12.8. The van der Waals surface area contributed by atoms with Gasteiger partial charge in [0.15, 0.2) is 0 Å². The highest BCUT2D eigenvalue weighted by molar-refractivity contribution is 8.00. The molecule has 0 aromatic carbocycles. The van der Waals surface area contributed by atoms with Crippen molar-refractivity contribution in [3.05, 3.63) is 0 Å². The van der Waals surface area contributed by atoms with E-state index in [4.69, 9.17) is 0 Å². The van der Waals surface area contributed by atoms with E-state index in [9.17, 15) is 0 Å². The summed E-state index contributed by atoms with van der Waals surface area (Å²) in [5.41, 5.74) is 0. The van der Waals surface area contributed by atoms with Gasteiger partial charge in [0.2, 0.25) is 0 Å². The molecule has 1 heterocycles. The van der Waals surface area contributed by atoms with Crippen molar-refractivity contribution in [3.8, 4) is 0 Å². The third kappa shape index (κ3) is 2.40. The molecule has 0 nitrogen and oxygen atoms in total. The van der Waals surface area contributed by atoms with Gasteiger partial charge in [-0.05, 0) is 34.2 Å². The van der Waals surface area contributed by atoms with Crippen LogP contribution in [-0.4, -0.2) is 62.7 Å². The van der Waals surface area contributed by atoms with Crippen molar-refractivity contribution in [1.29, 1.82) is 0 Å². The molecule has 0 unspecified atom stereocenters. The molecule has 0 bridgehead atoms. The highest BCUT2D eigenvalue weighted by Gasteiger charge is 2.58. The van der Waals surface area contributed by atoms with E-state index in [1.54, 1.807) is 0 Å². The molecular formula is C8H32Si8. The maximum Gasteiger partial charge on any atom is 0.0300 e. The van der Waals surface area contributed by atoms with Crippen molar-refractivity contribution < 1.29 is 0 Å². The molecule has 1 fully saturated rings. The molecule has 0 amide bonds. The Labute approximate surface area is 114 Å². The van der Waals surface area contributed by atoms with Gasteiger partial charge in [-0.2, -0.15) is 0 Å². The van der Waals surface area contributed by atoms with Crippen molar-refractivity contribution in [1.82, 2.24) is 0 Å². The van der Waals surface area contributed by atoms with Crippen molar-refractivity contribution >= 4 is 62.7 Å². The Kier molecular flexibility index (Phi) is 4.63. The highest BCUT2D eigenvalue weighted by Crippen LogP contribution is 2.34. The summed E-state index contributed by atoms with van der Waals surface area (Å²) in [5, 5.41) is 0. The van der Waals surface area contributed by atoms with Gasteiger partial charge < -0.3 is 0 Å². The van der Waals surface area contributed by atoms with Crippen LogP contribution in [0, 0.1) is 0 Å². The first kappa shape index (κ1) is 15.8. The lowest BCUT2D eigenvalue weighted by molar-refractivity contribution is 1.80. The van der Waals surface area contributed by atoms with Gasteiger partial charge in [-0.3, -0.25) is 0 Å². The third-order valence-corrected chi connectivity index (χ3v) is 189. The lowest BCUT2D eigenvalue weighted by Gasteiger charge is -2.56. The van der Waals surface area contributed by atoms with Gasteiger partial charge in [0.05, 0.1) is 0 Å². The van der Waals surface area contributed by atoms with Crippen LogP contribution in [-0.2, 0) is 0 Å². The summed E-state index contributed by atoms with van der Waals surface area (Å²) in [5.74, 6) is 0. The van der Waals surface area contributed by atoms with Gasteiger partial charge in [-0.15, -0.1) is 0 Å². The van der Waals surface area contributed by atoms with E-state index in [2.05, 4.69) is 52.4 Å². The van der Waals surface area contributed by atoms with E-state index in [1.165, 1.54) is 0 Å². The fourth-order valence-corrected chi connectivity index (χ4v) is 329. The van der Waals surface area contributed by atoms with Crippen molar-refractivity contribution in [2.24, 2.45) is 0 Å². The molecule has 96 valence electrons. The molecule has 8 heteroatoms. The number of hydrogen-bond donors (Lipinski definition) is 0. The van der Waals surface area contributed by atoms with Crippen LogP contribution in [0.3, 0.4) is 0 Å². The largest absolute Gasteiger partial charge is 0.0740 e. The van der Waals surface area contributed by atoms with Crippen molar-refractivity contribution in [2.75, 3.05) is 0 Å². The quantitative estimate of drug-likeness (QED) is 0.515. The summed E-state index contributed by atoms with van der Waals surface area (Å²) in [6.45, 7) is 23.0. The summed E-state index contributed by atoms with van der Waals surface area (Å²) in [6, 6.07) is 0. The molecule has 0 atom stereocenters. The first-order valence-electron chi connectivity index (χ1n) is 6.96. The standard InChI is InChI=1S/C8H32Si8/c1-13(2)11-9-10-12-14(3,4)16(7,8)15(13,5)6/h9-12H2,1-8H3. The molecule has 0 aliphatic carbocycles. The Morgan fingerprint density at radius 2 is 0.750 bits per heavy atom. The van der Waals surface area contributed by atoms with Crippen LogP contribution in [0.5, 0.6) is 0 Å². The summed E-state index contributed by atoms with van der Waals surface area (Å²) < 4.78 is 0. The lowest BCUT2D eigenvalue weighted by atomic mass is 11.9. The first-order chi connectivity index (χ1) is 6.96. The van der Waals surface area contributed by atoms with E-state index in [0.29, 0.717) is 34.2 Å². The molecule has 1 aliphatic rings. The second-order valence-electron chi connectivity index (χ2n) is 8.22. The maximum atomic E-state index is 2.88. The fourth-order valence-electron chi connectivity index (χ4n) is 3.45. The third-order valence-electron chi connectivity index (χ3n) is 6.80. The van der Waals surface area contributed by atoms with Gasteiger partial charge in [0.1, 0.15) is 0 Å². The smallest absolute Gasteiger partial charge is 0.0300 e. The summed E-state index contributed by atoms with van der Waals surface area (Å²) in [7, 11) is -0.396. The molecule has 0 aromatic rings. The zero-order chi connectivity index (χ0) is 12.8. The molecule has 0 spiro atoms. The predicted octanol–water partition coefficient (Wildman–Crippen LogP) is -0.518. The van der Waals surface area contributed by atoms with Crippen LogP contribution in [0.25, 0.3) is 0 Å². The molecule has 0 aromatic heterocycles. The average molecular weight is 353 g/mol. The second kappa shape index (κ2) is 4.69. The summed E-state index contributed by atoms with van der Waals surface area (Å²) in [4.78, 5) is 0. The van der Waals surface area contributed by atoms with Crippen LogP contribution in [0.2, 0.25) is 52.4 Å². The van der Waals surface area contributed by atoms with Gasteiger partial charge in [0, 0.05) is 28.4 Å². The fraction of sp³-hybridized carbons (Fsp3) is 1.00. The van der Waals surface area contributed by atoms with E-state index in [1.807, 2.05) is 0 Å². The van der Waals surface area contributed by atoms with E-state index in [-0.39, 0.29) is 0 Å². The van der Waals surface area contributed by atoms with E-state index < -0.39 is 28.4 Å². The van der Waals surface area contributed by atoms with Crippen molar-refractivity contribution in [2.45, 2.75) is 52.4 Å². The van der Waals surface area contributed by atoms with Crippen LogP contribution < -0.4 is 0 Å². The Balaban J connectivity index is 3.23. The Hall–Kier alpha value is 1.74. The second-order valence-corrected chi connectivity index (χ2v) is 94.6. The highest BCUT2D eigenvalue weighted by atomic mass is 30.2. The molecule has 0 saturated carbocycles. The molecular weight excluding hydrogens is 321 g/mol. The average Bonchev–Trinajstić information content (AvgIpc) is 2.10. The Bertz CT molecular complexity index is 241. The van der Waals surface area contributed by atoms with Crippen molar-refractivity contribution in [3.63, 3.8) is 0 Å². The first-order valence-corrected chi connectivity index (χ1v) is 38.6. The van der Waals surface area contributed by atoms with E-state index >= 15 is 0 Å². The topological polar surface area (TPSA) is 0 Å². The van der Waals surface area contributed by atoms with Crippen LogP contribution >= 0.6 is 0 Å². The van der Waals surface area contributed by atoms with Crippen LogP contribution in [0.15, 0.2) is 0 Å². The Morgan fingerprint density at radius 3 is 1.00 bits per heavy atom. The van der Waals surface area contributed by atoms with Crippen LogP contribution in [0.1, 0.15) is 0 Å². The SMILES string of the molecule is C[Si]1(C)[SiH2][SiH2][SiH2][SiH2][Si](C)(C)[Si](C)(C)[Si]1(C)C. The number of rotatable bonds is 0. The predicted molar refractivity (Wildman–Crippen MR) is 104 cm³/mol. The zero-order valence-corrected chi connectivity index (χ0v) is 22.5. The molecule has 0 N–H and O–H groups in total. The minimum Gasteiger partial charge on any atom is -0.0740 e. The molecule has 1 rings (SSSR count). The summed E-state index contributed by atoms with van der Waals surface area (Å²) >= 11 is 0. The molecule has 16 heavy (non-hydrogen) atoms. The van der Waals surface area contributed by atoms with Gasteiger partial charge >= 0.3 is 0 Å². The minimum absolute atomic E-state index is 0.551. The van der Waals surface area contributed by atoms with Gasteiger partial charge in [-0.25, -0.2) is 0 Å². The van der Waals surface area contributed by atoms with Gasteiger partial charge in [0.25, 0.3) is 0 Å². The van der Waals surface area contributed by atoms with Gasteiger partial charge in [-0.1, -0.05) is 52.4 Å². The summed E-state index contributed by atoms with van der Waals surface area (Å²) in [6.07, 6.45) is 0. The van der Waals surface area contributed by atoms with Crippen LogP contribution in [0.4, 0.5) is 0 Å². The number of hydrogen-bond acceptors (Lipinski definition) is 0. The molecule has 0 radical (unpaired) electrons. The maximum absolute atomic E-state index is 2.88. The molecule has 1 aliphatic heterocycles. The Morgan fingerprint density at radius 1 is 0.500 bits per heavy atom.